The average Bonchev–Trinajstić information content (AvgIpc) is 2.51. The number of fused-ring (bicyclic) bond motifs is 1. The van der Waals surface area contributed by atoms with Crippen LogP contribution in [0.4, 0.5) is 0 Å². The van der Waals surface area contributed by atoms with Crippen LogP contribution >= 0.6 is 0 Å². The summed E-state index contributed by atoms with van der Waals surface area (Å²) in [5, 5.41) is 3.79. The predicted molar refractivity (Wildman–Crippen MR) is 83.9 cm³/mol. The first-order valence-electron chi connectivity index (χ1n) is 8.07. The summed E-state index contributed by atoms with van der Waals surface area (Å²) < 4.78 is 0. The summed E-state index contributed by atoms with van der Waals surface area (Å²) in [5.74, 6) is 0.860. The van der Waals surface area contributed by atoms with E-state index in [1.54, 1.807) is 0 Å². The highest BCUT2D eigenvalue weighted by atomic mass is 15.0. The minimum atomic E-state index is 0.462. The van der Waals surface area contributed by atoms with E-state index in [-0.39, 0.29) is 0 Å². The van der Waals surface area contributed by atoms with Crippen LogP contribution < -0.4 is 5.32 Å². The largest absolute Gasteiger partial charge is 0.307 e. The molecule has 0 bridgehead atoms. The van der Waals surface area contributed by atoms with E-state index in [4.69, 9.17) is 4.98 Å². The molecule has 21 heavy (non-hydrogen) atoms. The number of hydrogen-bond donors (Lipinski definition) is 1. The van der Waals surface area contributed by atoms with Gasteiger partial charge in [-0.15, -0.1) is 0 Å². The number of rotatable bonds is 3. The molecule has 108 valence electrons. The topological polar surface area (TPSA) is 37.8 Å². The van der Waals surface area contributed by atoms with Crippen LogP contribution in [0.3, 0.4) is 0 Å². The standard InChI is InChI=1S/C18H21N3/c1-2-6-13(7-3-1)18-19-12-15-16(20-14-8-4-9-14)10-5-11-17(15)21-18/h1-3,6-7,12,14,16,20H,4-5,8-11H2/t16-/m1/s1. The predicted octanol–water partition coefficient (Wildman–Crippen LogP) is 3.66. The van der Waals surface area contributed by atoms with E-state index in [0.717, 1.165) is 23.9 Å². The Labute approximate surface area is 125 Å². The van der Waals surface area contributed by atoms with Gasteiger partial charge >= 0.3 is 0 Å². The summed E-state index contributed by atoms with van der Waals surface area (Å²) in [6, 6.07) is 11.4. The van der Waals surface area contributed by atoms with Gasteiger partial charge in [0.25, 0.3) is 0 Å². The van der Waals surface area contributed by atoms with E-state index in [1.807, 2.05) is 18.2 Å². The van der Waals surface area contributed by atoms with Crippen LogP contribution in [0.2, 0.25) is 0 Å². The number of nitrogens with zero attached hydrogens (tertiary/aromatic N) is 2. The third-order valence-corrected chi connectivity index (χ3v) is 4.76. The fourth-order valence-corrected chi connectivity index (χ4v) is 3.31. The zero-order valence-corrected chi connectivity index (χ0v) is 12.3. The maximum absolute atomic E-state index is 4.83. The lowest BCUT2D eigenvalue weighted by Gasteiger charge is -2.34. The molecule has 3 nitrogen and oxygen atoms in total. The van der Waals surface area contributed by atoms with Gasteiger partial charge in [-0.05, 0) is 32.1 Å². The summed E-state index contributed by atoms with van der Waals surface area (Å²) in [5.41, 5.74) is 3.68. The smallest absolute Gasteiger partial charge is 0.159 e. The lowest BCUT2D eigenvalue weighted by Crippen LogP contribution is -2.39. The van der Waals surface area contributed by atoms with Gasteiger partial charge in [-0.1, -0.05) is 36.8 Å². The van der Waals surface area contributed by atoms with Gasteiger partial charge in [0.15, 0.2) is 5.82 Å². The maximum Gasteiger partial charge on any atom is 0.159 e. The van der Waals surface area contributed by atoms with E-state index < -0.39 is 0 Å². The second-order valence-electron chi connectivity index (χ2n) is 6.20. The van der Waals surface area contributed by atoms with Gasteiger partial charge in [-0.2, -0.15) is 0 Å². The molecule has 1 atom stereocenters. The maximum atomic E-state index is 4.83. The molecule has 0 radical (unpaired) electrons. The molecule has 3 heteroatoms. The number of aryl methyl sites for hydroxylation is 1. The summed E-state index contributed by atoms with van der Waals surface area (Å²) in [6.45, 7) is 0. The van der Waals surface area contributed by atoms with Crippen molar-refractivity contribution in [1.29, 1.82) is 0 Å². The minimum absolute atomic E-state index is 0.462. The van der Waals surface area contributed by atoms with Gasteiger partial charge in [0, 0.05) is 35.1 Å². The van der Waals surface area contributed by atoms with E-state index in [1.165, 1.54) is 43.4 Å². The summed E-state index contributed by atoms with van der Waals surface area (Å²) in [6.07, 6.45) is 9.62. The molecular weight excluding hydrogens is 258 g/mol. The molecule has 1 saturated carbocycles. The average molecular weight is 279 g/mol. The van der Waals surface area contributed by atoms with Crippen molar-refractivity contribution in [2.75, 3.05) is 0 Å². The Morgan fingerprint density at radius 3 is 2.62 bits per heavy atom. The fraction of sp³-hybridized carbons (Fsp3) is 0.444. The third kappa shape index (κ3) is 2.58. The van der Waals surface area contributed by atoms with E-state index in [9.17, 15) is 0 Å². The monoisotopic (exact) mass is 279 g/mol. The highest BCUT2D eigenvalue weighted by Gasteiger charge is 2.26. The molecule has 4 rings (SSSR count). The van der Waals surface area contributed by atoms with Crippen LogP contribution in [0.1, 0.15) is 49.4 Å². The SMILES string of the molecule is c1ccc(-c2ncc3c(n2)CCC[C@H]3NC2CCC2)cc1. The van der Waals surface area contributed by atoms with Gasteiger partial charge in [-0.3, -0.25) is 0 Å². The Hall–Kier alpha value is -1.74. The van der Waals surface area contributed by atoms with E-state index in [0.29, 0.717) is 6.04 Å². The fourth-order valence-electron chi connectivity index (χ4n) is 3.31. The van der Waals surface area contributed by atoms with E-state index >= 15 is 0 Å². The Balaban J connectivity index is 1.62. The van der Waals surface area contributed by atoms with Gasteiger partial charge < -0.3 is 5.32 Å². The lowest BCUT2D eigenvalue weighted by molar-refractivity contribution is 0.289. The van der Waals surface area contributed by atoms with Crippen molar-refractivity contribution in [3.05, 3.63) is 47.8 Å². The first-order valence-corrected chi connectivity index (χ1v) is 8.07. The quantitative estimate of drug-likeness (QED) is 0.931. The molecule has 1 heterocycles. The number of benzene rings is 1. The molecule has 0 spiro atoms. The van der Waals surface area contributed by atoms with Gasteiger partial charge in [0.05, 0.1) is 0 Å². The van der Waals surface area contributed by atoms with Gasteiger partial charge in [-0.25, -0.2) is 9.97 Å². The molecule has 0 amide bonds. The highest BCUT2D eigenvalue weighted by molar-refractivity contribution is 5.55. The summed E-state index contributed by atoms with van der Waals surface area (Å²) >= 11 is 0. The Bertz CT molecular complexity index is 620. The van der Waals surface area contributed by atoms with Crippen molar-refractivity contribution >= 4 is 0 Å². The Morgan fingerprint density at radius 1 is 1.00 bits per heavy atom. The highest BCUT2D eigenvalue weighted by Crippen LogP contribution is 2.32. The van der Waals surface area contributed by atoms with Crippen LogP contribution in [0.25, 0.3) is 11.4 Å². The molecule has 2 aromatic rings. The Kier molecular flexibility index (Phi) is 3.44. The number of aromatic nitrogens is 2. The molecule has 0 saturated heterocycles. The molecule has 1 aromatic heterocycles. The van der Waals surface area contributed by atoms with Gasteiger partial charge in [0.1, 0.15) is 0 Å². The number of hydrogen-bond acceptors (Lipinski definition) is 3. The molecule has 0 unspecified atom stereocenters. The third-order valence-electron chi connectivity index (χ3n) is 4.76. The van der Waals surface area contributed by atoms with Crippen LogP contribution in [-0.2, 0) is 6.42 Å². The van der Waals surface area contributed by atoms with Crippen molar-refractivity contribution in [2.45, 2.75) is 50.6 Å². The van der Waals surface area contributed by atoms with E-state index in [2.05, 4.69) is 28.6 Å². The molecule has 2 aliphatic carbocycles. The van der Waals surface area contributed by atoms with Crippen LogP contribution in [0.15, 0.2) is 36.5 Å². The zero-order chi connectivity index (χ0) is 14.1. The second-order valence-corrected chi connectivity index (χ2v) is 6.20. The van der Waals surface area contributed by atoms with Crippen molar-refractivity contribution in [2.24, 2.45) is 0 Å². The van der Waals surface area contributed by atoms with Gasteiger partial charge in [0.2, 0.25) is 0 Å². The van der Waals surface area contributed by atoms with Crippen LogP contribution in [-0.4, -0.2) is 16.0 Å². The molecule has 1 fully saturated rings. The molecule has 0 aliphatic heterocycles. The van der Waals surface area contributed by atoms with Crippen molar-refractivity contribution in [3.63, 3.8) is 0 Å². The number of nitrogens with one attached hydrogen (secondary N) is 1. The van der Waals surface area contributed by atoms with Crippen molar-refractivity contribution in [1.82, 2.24) is 15.3 Å². The molecule has 1 aromatic carbocycles. The molecule has 1 N–H and O–H groups in total. The minimum Gasteiger partial charge on any atom is -0.307 e. The van der Waals surface area contributed by atoms with Crippen LogP contribution in [0, 0.1) is 0 Å². The zero-order valence-electron chi connectivity index (χ0n) is 12.3. The summed E-state index contributed by atoms with van der Waals surface area (Å²) in [4.78, 5) is 9.45. The second kappa shape index (κ2) is 5.57. The molecule has 2 aliphatic rings. The first-order chi connectivity index (χ1) is 10.4. The molecular formula is C18H21N3. The lowest BCUT2D eigenvalue weighted by atomic mass is 9.87. The normalized spacial score (nSPS) is 21.6. The first kappa shape index (κ1) is 13.0. The van der Waals surface area contributed by atoms with Crippen molar-refractivity contribution < 1.29 is 0 Å². The van der Waals surface area contributed by atoms with Crippen molar-refractivity contribution in [3.8, 4) is 11.4 Å². The summed E-state index contributed by atoms with van der Waals surface area (Å²) in [7, 11) is 0. The Morgan fingerprint density at radius 2 is 1.86 bits per heavy atom. The van der Waals surface area contributed by atoms with Crippen LogP contribution in [0.5, 0.6) is 0 Å².